The Morgan fingerprint density at radius 2 is 1.53 bits per heavy atom. The lowest BCUT2D eigenvalue weighted by molar-refractivity contribution is -0.143. The Hall–Kier alpha value is -3.35. The fraction of sp³-hybridized carbons (Fsp3) is 0.444. The first-order valence-corrected chi connectivity index (χ1v) is 11.9. The van der Waals surface area contributed by atoms with E-state index in [0.717, 1.165) is 41.5 Å². The van der Waals surface area contributed by atoms with Gasteiger partial charge in [-0.25, -0.2) is 4.79 Å². The number of nitrogens with one attached hydrogen (secondary N) is 2. The van der Waals surface area contributed by atoms with Crippen molar-refractivity contribution in [2.45, 2.75) is 63.5 Å². The number of ether oxygens (including phenoxy) is 1. The molecule has 180 valence electrons. The van der Waals surface area contributed by atoms with Crippen LogP contribution in [-0.2, 0) is 14.3 Å². The summed E-state index contributed by atoms with van der Waals surface area (Å²) < 4.78 is 5.57. The topological polar surface area (TPSA) is 105 Å². The third-order valence-electron chi connectivity index (χ3n) is 6.98. The van der Waals surface area contributed by atoms with E-state index in [1.807, 2.05) is 36.4 Å². The van der Waals surface area contributed by atoms with Crippen LogP contribution in [0.4, 0.5) is 4.79 Å². The maximum atomic E-state index is 13.0. The zero-order valence-electron chi connectivity index (χ0n) is 19.7. The number of alkyl carbamates (subject to hydrolysis) is 1. The van der Waals surface area contributed by atoms with Gasteiger partial charge in [-0.05, 0) is 48.9 Å². The molecule has 2 aliphatic rings. The van der Waals surface area contributed by atoms with E-state index in [-0.39, 0.29) is 12.5 Å². The molecule has 1 fully saturated rings. The van der Waals surface area contributed by atoms with Crippen molar-refractivity contribution in [1.82, 2.24) is 10.6 Å². The molecule has 0 spiro atoms. The first-order valence-electron chi connectivity index (χ1n) is 11.9. The van der Waals surface area contributed by atoms with E-state index in [9.17, 15) is 19.5 Å². The van der Waals surface area contributed by atoms with Crippen LogP contribution in [0.1, 0.15) is 63.0 Å². The Morgan fingerprint density at radius 1 is 0.941 bits per heavy atom. The molecule has 34 heavy (non-hydrogen) atoms. The second-order valence-electron chi connectivity index (χ2n) is 9.74. The van der Waals surface area contributed by atoms with E-state index in [1.54, 1.807) is 13.8 Å². The van der Waals surface area contributed by atoms with Crippen LogP contribution in [0.25, 0.3) is 11.1 Å². The highest BCUT2D eigenvalue weighted by Crippen LogP contribution is 2.44. The predicted molar refractivity (Wildman–Crippen MR) is 128 cm³/mol. The average molecular weight is 465 g/mol. The molecule has 2 amide bonds. The Labute approximate surface area is 199 Å². The number of benzene rings is 2. The zero-order chi connectivity index (χ0) is 24.3. The summed E-state index contributed by atoms with van der Waals surface area (Å²) >= 11 is 0. The molecule has 3 N–H and O–H groups in total. The third kappa shape index (κ3) is 4.93. The van der Waals surface area contributed by atoms with Gasteiger partial charge in [0.1, 0.15) is 12.1 Å². The highest BCUT2D eigenvalue weighted by molar-refractivity contribution is 5.89. The SMILES string of the molecule is CC(C)(NC(=O)OCC1c2ccccc2-c2ccccc21)C(=O)NC1CCCCCC1C(=O)O. The highest BCUT2D eigenvalue weighted by Gasteiger charge is 2.37. The van der Waals surface area contributed by atoms with Crippen molar-refractivity contribution in [2.75, 3.05) is 6.61 Å². The number of hydrogen-bond acceptors (Lipinski definition) is 4. The molecular weight excluding hydrogens is 432 g/mol. The second kappa shape index (κ2) is 9.87. The third-order valence-corrected chi connectivity index (χ3v) is 6.98. The maximum absolute atomic E-state index is 13.0. The molecule has 2 aromatic carbocycles. The molecule has 7 heteroatoms. The lowest BCUT2D eigenvalue weighted by atomic mass is 9.93. The van der Waals surface area contributed by atoms with Crippen LogP contribution in [-0.4, -0.2) is 41.3 Å². The van der Waals surface area contributed by atoms with Gasteiger partial charge in [-0.15, -0.1) is 0 Å². The van der Waals surface area contributed by atoms with Crippen molar-refractivity contribution in [3.8, 4) is 11.1 Å². The lowest BCUT2D eigenvalue weighted by Gasteiger charge is -2.30. The van der Waals surface area contributed by atoms with Gasteiger partial charge in [-0.3, -0.25) is 9.59 Å². The van der Waals surface area contributed by atoms with E-state index in [2.05, 4.69) is 22.8 Å². The van der Waals surface area contributed by atoms with Crippen LogP contribution in [0.5, 0.6) is 0 Å². The van der Waals surface area contributed by atoms with Crippen LogP contribution in [0, 0.1) is 5.92 Å². The van der Waals surface area contributed by atoms with Gasteiger partial charge in [-0.1, -0.05) is 67.8 Å². The van der Waals surface area contributed by atoms with Crippen molar-refractivity contribution in [2.24, 2.45) is 5.92 Å². The summed E-state index contributed by atoms with van der Waals surface area (Å²) in [6.07, 6.45) is 3.14. The van der Waals surface area contributed by atoms with Crippen LogP contribution in [0.3, 0.4) is 0 Å². The normalized spacial score (nSPS) is 19.9. The summed E-state index contributed by atoms with van der Waals surface area (Å²) in [5, 5.41) is 15.1. The van der Waals surface area contributed by atoms with E-state index < -0.39 is 35.5 Å². The second-order valence-corrected chi connectivity index (χ2v) is 9.74. The van der Waals surface area contributed by atoms with Crippen molar-refractivity contribution in [3.05, 3.63) is 59.7 Å². The molecule has 0 saturated heterocycles. The van der Waals surface area contributed by atoms with Gasteiger partial charge in [-0.2, -0.15) is 0 Å². The Bertz CT molecular complexity index is 1030. The Morgan fingerprint density at radius 3 is 2.15 bits per heavy atom. The fourth-order valence-corrected chi connectivity index (χ4v) is 5.07. The molecule has 7 nitrogen and oxygen atoms in total. The monoisotopic (exact) mass is 464 g/mol. The molecule has 2 aliphatic carbocycles. The summed E-state index contributed by atoms with van der Waals surface area (Å²) in [6.45, 7) is 3.34. The summed E-state index contributed by atoms with van der Waals surface area (Å²) in [6, 6.07) is 15.7. The highest BCUT2D eigenvalue weighted by atomic mass is 16.5. The smallest absolute Gasteiger partial charge is 0.408 e. The van der Waals surface area contributed by atoms with E-state index in [0.29, 0.717) is 12.8 Å². The Kier molecular flexibility index (Phi) is 6.91. The summed E-state index contributed by atoms with van der Waals surface area (Å²) in [5.74, 6) is -2.00. The molecular formula is C27H32N2O5. The van der Waals surface area contributed by atoms with Crippen molar-refractivity contribution < 1.29 is 24.2 Å². The maximum Gasteiger partial charge on any atom is 0.408 e. The fourth-order valence-electron chi connectivity index (χ4n) is 5.07. The molecule has 0 aliphatic heterocycles. The van der Waals surface area contributed by atoms with Crippen LogP contribution in [0.2, 0.25) is 0 Å². The van der Waals surface area contributed by atoms with Crippen molar-refractivity contribution in [3.63, 3.8) is 0 Å². The number of amides is 2. The molecule has 0 bridgehead atoms. The molecule has 2 atom stereocenters. The molecule has 0 aromatic heterocycles. The number of carbonyl (C=O) groups is 3. The largest absolute Gasteiger partial charge is 0.481 e. The summed E-state index contributed by atoms with van der Waals surface area (Å²) in [5.41, 5.74) is 3.26. The average Bonchev–Trinajstić information content (AvgIpc) is 2.93. The van der Waals surface area contributed by atoms with Crippen LogP contribution < -0.4 is 10.6 Å². The lowest BCUT2D eigenvalue weighted by Crippen LogP contribution is -2.58. The number of carboxylic acid groups (broad SMARTS) is 1. The number of hydrogen-bond donors (Lipinski definition) is 3. The Balaban J connectivity index is 1.38. The van der Waals surface area contributed by atoms with Gasteiger partial charge in [0, 0.05) is 12.0 Å². The van der Waals surface area contributed by atoms with Crippen LogP contribution >= 0.6 is 0 Å². The molecule has 0 heterocycles. The number of rotatable bonds is 6. The molecule has 4 rings (SSSR count). The quantitative estimate of drug-likeness (QED) is 0.548. The number of aliphatic carboxylic acids is 1. The van der Waals surface area contributed by atoms with E-state index in [1.165, 1.54) is 0 Å². The van der Waals surface area contributed by atoms with E-state index >= 15 is 0 Å². The zero-order valence-corrected chi connectivity index (χ0v) is 19.7. The van der Waals surface area contributed by atoms with Gasteiger partial charge in [0.25, 0.3) is 0 Å². The molecule has 0 radical (unpaired) electrons. The standard InChI is InChI=1S/C27H32N2O5/c1-27(2,25(32)28-23-15-5-3-4-14-21(23)24(30)31)29-26(33)34-16-22-19-12-8-6-10-17(19)18-11-7-9-13-20(18)22/h6-13,21-23H,3-5,14-16H2,1-2H3,(H,28,32)(H,29,33)(H,30,31). The van der Waals surface area contributed by atoms with Gasteiger partial charge >= 0.3 is 12.1 Å². The minimum atomic E-state index is -1.25. The minimum Gasteiger partial charge on any atom is -0.481 e. The van der Waals surface area contributed by atoms with Crippen molar-refractivity contribution in [1.29, 1.82) is 0 Å². The molecule has 2 unspecified atom stereocenters. The molecule has 2 aromatic rings. The van der Waals surface area contributed by atoms with Gasteiger partial charge < -0.3 is 20.5 Å². The summed E-state index contributed by atoms with van der Waals surface area (Å²) in [4.78, 5) is 37.3. The number of carbonyl (C=O) groups excluding carboxylic acids is 2. The first-order chi connectivity index (χ1) is 16.3. The van der Waals surface area contributed by atoms with Gasteiger partial charge in [0.05, 0.1) is 5.92 Å². The predicted octanol–water partition coefficient (Wildman–Crippen LogP) is 4.45. The first kappa shape index (κ1) is 23.8. The van der Waals surface area contributed by atoms with Crippen LogP contribution in [0.15, 0.2) is 48.5 Å². The minimum absolute atomic E-state index is 0.0718. The van der Waals surface area contributed by atoms with E-state index in [4.69, 9.17) is 4.74 Å². The number of fused-ring (bicyclic) bond motifs is 3. The number of carboxylic acids is 1. The van der Waals surface area contributed by atoms with Gasteiger partial charge in [0.15, 0.2) is 0 Å². The van der Waals surface area contributed by atoms with Gasteiger partial charge in [0.2, 0.25) is 5.91 Å². The molecule has 1 saturated carbocycles. The van der Waals surface area contributed by atoms with Crippen molar-refractivity contribution >= 4 is 18.0 Å². The summed E-state index contributed by atoms with van der Waals surface area (Å²) in [7, 11) is 0.